The number of thiol groups is 1. The van der Waals surface area contributed by atoms with Crippen LogP contribution in [0.1, 0.15) is 0 Å². The van der Waals surface area contributed by atoms with E-state index in [-0.39, 0.29) is 26.2 Å². The summed E-state index contributed by atoms with van der Waals surface area (Å²) < 4.78 is 1.86. The van der Waals surface area contributed by atoms with Crippen molar-refractivity contribution in [2.24, 2.45) is 5.73 Å². The summed E-state index contributed by atoms with van der Waals surface area (Å²) in [6, 6.07) is -0.631. The van der Waals surface area contributed by atoms with Crippen LogP contribution in [0, 0.1) is 0 Å². The van der Waals surface area contributed by atoms with E-state index in [2.05, 4.69) is 18.5 Å². The van der Waals surface area contributed by atoms with Gasteiger partial charge in [-0.1, -0.05) is 12.8 Å². The molecular weight excluding hydrogens is 297 g/mol. The monoisotopic (exact) mass is 304 g/mol. The molecule has 0 aliphatic carbocycles. The Morgan fingerprint density at radius 2 is 2.00 bits per heavy atom. The number of rotatable bonds is 0. The van der Waals surface area contributed by atoms with E-state index < -0.39 is 6.03 Å². The molecule has 0 aromatic heterocycles. The Bertz CT molecular complexity index is 48.8. The minimum absolute atomic E-state index is 0. The molecule has 0 rings (SSSR count). The predicted octanol–water partition coefficient (Wildman–Crippen LogP) is -1.68. The van der Waals surface area contributed by atoms with Gasteiger partial charge in [-0.15, -0.1) is 0 Å². The summed E-state index contributed by atoms with van der Waals surface area (Å²) in [6.45, 7) is 0. The van der Waals surface area contributed by atoms with Crippen LogP contribution in [0.3, 0.4) is 0 Å². The third-order valence-corrected chi connectivity index (χ3v) is 0.331. The zero-order valence-corrected chi connectivity index (χ0v) is 9.53. The molecule has 0 aromatic rings. The average Bonchev–Trinajstić information content (AvgIpc) is 1.38. The van der Waals surface area contributed by atoms with Gasteiger partial charge >= 0.3 is 32.2 Å². The molecule has 0 fully saturated rings. The molecule has 0 spiro atoms. The first-order chi connectivity index (χ1) is 2.27. The van der Waals surface area contributed by atoms with Crippen LogP contribution >= 0.6 is 12.8 Å². The van der Waals surface area contributed by atoms with Gasteiger partial charge in [-0.05, 0) is 0 Å². The van der Waals surface area contributed by atoms with Gasteiger partial charge in [0, 0.05) is 0 Å². The summed E-state index contributed by atoms with van der Waals surface area (Å²) in [4.78, 5) is 9.40. The summed E-state index contributed by atoms with van der Waals surface area (Å²) in [5.41, 5.74) is 4.47. The van der Waals surface area contributed by atoms with Gasteiger partial charge in [0.2, 0.25) is 0 Å². The van der Waals surface area contributed by atoms with Crippen LogP contribution in [0.4, 0.5) is 4.79 Å². The number of carbonyl (C=O) groups is 1. The summed E-state index contributed by atoms with van der Waals surface area (Å²) in [7, 11) is 0. The fraction of sp³-hybridized carbons (Fsp3) is 0. The Labute approximate surface area is 60.3 Å². The predicted molar refractivity (Wildman–Crippen MR) is 31.6 cm³/mol. The van der Waals surface area contributed by atoms with Crippen LogP contribution in [0.5, 0.6) is 0 Å². The van der Waals surface area contributed by atoms with Gasteiger partial charge in [0.1, 0.15) is 0 Å². The van der Waals surface area contributed by atoms with Crippen molar-refractivity contribution in [2.75, 3.05) is 0 Å². The summed E-state index contributed by atoms with van der Waals surface area (Å²) in [5.74, 6) is 0. The van der Waals surface area contributed by atoms with E-state index in [9.17, 15) is 4.79 Å². The van der Waals surface area contributed by atoms with Crippen molar-refractivity contribution >= 4 is 45.0 Å². The molecule has 5 heteroatoms. The van der Waals surface area contributed by atoms with Crippen molar-refractivity contribution in [3.05, 3.63) is 0 Å². The second kappa shape index (κ2) is 5.50. The third kappa shape index (κ3) is 8.82. The molecule has 2 amide bonds. The van der Waals surface area contributed by atoms with Crippen LogP contribution in [-0.4, -0.2) is 32.2 Å². The SMILES string of the molecule is NC(=O)NS.[BiH3]. The number of primary amides is 1. The van der Waals surface area contributed by atoms with E-state index in [0.717, 1.165) is 0 Å². The molecule has 0 aliphatic heterocycles. The Morgan fingerprint density at radius 1 is 1.83 bits per heavy atom. The quantitative estimate of drug-likeness (QED) is 0.363. The van der Waals surface area contributed by atoms with E-state index in [1.807, 2.05) is 4.72 Å². The first kappa shape index (κ1) is 9.71. The number of amides is 2. The molecule has 0 radical (unpaired) electrons. The van der Waals surface area contributed by atoms with Gasteiger partial charge in [-0.25, -0.2) is 4.79 Å². The molecule has 0 atom stereocenters. The molecule has 0 bridgehead atoms. The van der Waals surface area contributed by atoms with Crippen LogP contribution in [0.15, 0.2) is 0 Å². The molecule has 6 heavy (non-hydrogen) atoms. The van der Waals surface area contributed by atoms with Crippen molar-refractivity contribution in [3.63, 3.8) is 0 Å². The Hall–Kier alpha value is 0.503. The van der Waals surface area contributed by atoms with E-state index in [1.54, 1.807) is 0 Å². The second-order valence-electron chi connectivity index (χ2n) is 0.476. The van der Waals surface area contributed by atoms with E-state index in [4.69, 9.17) is 0 Å². The molecule has 0 aliphatic rings. The van der Waals surface area contributed by atoms with Crippen LogP contribution in [0.25, 0.3) is 0 Å². The van der Waals surface area contributed by atoms with Crippen molar-refractivity contribution < 1.29 is 4.79 Å². The number of nitrogens with one attached hydrogen (secondary N) is 1. The van der Waals surface area contributed by atoms with Crippen molar-refractivity contribution in [3.8, 4) is 0 Å². The summed E-state index contributed by atoms with van der Waals surface area (Å²) in [6.07, 6.45) is 0. The first-order valence-electron chi connectivity index (χ1n) is 0.966. The van der Waals surface area contributed by atoms with Crippen molar-refractivity contribution in [1.82, 2.24) is 4.72 Å². The number of urea groups is 1. The summed E-state index contributed by atoms with van der Waals surface area (Å²) in [5, 5.41) is 0. The Kier molecular flexibility index (Phi) is 8.91. The molecular formula is CH7BiN2OS. The number of hydrogen-bond acceptors (Lipinski definition) is 2. The molecule has 38 valence electrons. The number of carbonyl (C=O) groups excluding carboxylic acids is 1. The van der Waals surface area contributed by atoms with Crippen molar-refractivity contribution in [2.45, 2.75) is 0 Å². The molecule has 0 unspecified atom stereocenters. The van der Waals surface area contributed by atoms with Crippen LogP contribution in [0.2, 0.25) is 0 Å². The van der Waals surface area contributed by atoms with Gasteiger partial charge < -0.3 is 5.73 Å². The minimum atomic E-state index is -0.631. The Balaban J connectivity index is 0. The Morgan fingerprint density at radius 3 is 2.00 bits per heavy atom. The topological polar surface area (TPSA) is 55.1 Å². The van der Waals surface area contributed by atoms with E-state index >= 15 is 0 Å². The summed E-state index contributed by atoms with van der Waals surface area (Å²) >= 11 is 3.29. The number of nitrogens with two attached hydrogens (primary N) is 1. The van der Waals surface area contributed by atoms with Gasteiger partial charge in [-0.3, -0.25) is 4.72 Å². The van der Waals surface area contributed by atoms with E-state index in [0.29, 0.717) is 0 Å². The van der Waals surface area contributed by atoms with Crippen LogP contribution in [-0.2, 0) is 0 Å². The van der Waals surface area contributed by atoms with Gasteiger partial charge in [0.05, 0.1) is 0 Å². The molecule has 3 nitrogen and oxygen atoms in total. The third-order valence-electron chi connectivity index (χ3n) is 0.110. The molecule has 0 saturated carbocycles. The van der Waals surface area contributed by atoms with Gasteiger partial charge in [0.15, 0.2) is 0 Å². The standard InChI is InChI=1S/CH4N2OS.Bi.3H/c2-1(4)3-5;;;;/h5H,(H3,2,3,4);;;;. The average molecular weight is 304 g/mol. The fourth-order valence-electron chi connectivity index (χ4n) is 0. The van der Waals surface area contributed by atoms with Crippen molar-refractivity contribution in [1.29, 1.82) is 0 Å². The molecule has 0 heterocycles. The maximum atomic E-state index is 9.40. The van der Waals surface area contributed by atoms with Gasteiger partial charge in [-0.2, -0.15) is 0 Å². The second-order valence-corrected chi connectivity index (χ2v) is 0.700. The number of hydrogen-bond donors (Lipinski definition) is 3. The van der Waals surface area contributed by atoms with Crippen LogP contribution < -0.4 is 10.5 Å². The fourth-order valence-corrected chi connectivity index (χ4v) is 0. The van der Waals surface area contributed by atoms with Gasteiger partial charge in [0.25, 0.3) is 0 Å². The van der Waals surface area contributed by atoms with E-state index in [1.165, 1.54) is 0 Å². The first-order valence-corrected chi connectivity index (χ1v) is 1.41. The molecule has 0 aromatic carbocycles. The normalized spacial score (nSPS) is 5.50. The maximum absolute atomic E-state index is 9.40. The zero-order chi connectivity index (χ0) is 4.28. The molecule has 0 saturated heterocycles. The molecule has 3 N–H and O–H groups in total. The zero-order valence-electron chi connectivity index (χ0n) is 3.14.